The van der Waals surface area contributed by atoms with Crippen LogP contribution in [-0.2, 0) is 4.79 Å². The molecule has 1 unspecified atom stereocenters. The SMILES string of the molecule is Cc1cc(C)nc(SCC(=O)C(C#N)c2ccccc2)n1. The number of hydrogen-bond acceptors (Lipinski definition) is 5. The van der Waals surface area contributed by atoms with Crippen molar-refractivity contribution in [2.45, 2.75) is 24.9 Å². The highest BCUT2D eigenvalue weighted by atomic mass is 32.2. The van der Waals surface area contributed by atoms with E-state index in [1.807, 2.05) is 38.1 Å². The van der Waals surface area contributed by atoms with E-state index in [1.54, 1.807) is 12.1 Å². The largest absolute Gasteiger partial charge is 0.297 e. The minimum atomic E-state index is -0.732. The first kappa shape index (κ1) is 15.2. The van der Waals surface area contributed by atoms with Gasteiger partial charge in [-0.3, -0.25) is 4.79 Å². The number of nitrogens with zero attached hydrogens (tertiary/aromatic N) is 3. The van der Waals surface area contributed by atoms with Gasteiger partial charge in [-0.15, -0.1) is 0 Å². The maximum atomic E-state index is 12.2. The lowest BCUT2D eigenvalue weighted by molar-refractivity contribution is -0.116. The number of aromatic nitrogens is 2. The van der Waals surface area contributed by atoms with E-state index in [9.17, 15) is 10.1 Å². The Morgan fingerprint density at radius 1 is 1.24 bits per heavy atom. The van der Waals surface area contributed by atoms with Crippen LogP contribution in [0.2, 0.25) is 0 Å². The molecule has 0 bridgehead atoms. The number of benzene rings is 1. The third kappa shape index (κ3) is 4.14. The molecule has 21 heavy (non-hydrogen) atoms. The van der Waals surface area contributed by atoms with Crippen LogP contribution in [0.15, 0.2) is 41.6 Å². The highest BCUT2D eigenvalue weighted by Crippen LogP contribution is 2.21. The van der Waals surface area contributed by atoms with Crippen molar-refractivity contribution in [3.05, 3.63) is 53.3 Å². The Bertz CT molecular complexity index is 659. The molecule has 0 N–H and O–H groups in total. The van der Waals surface area contributed by atoms with Gasteiger partial charge in [0.15, 0.2) is 10.9 Å². The summed E-state index contributed by atoms with van der Waals surface area (Å²) in [6.07, 6.45) is 0. The zero-order valence-electron chi connectivity index (χ0n) is 11.9. The van der Waals surface area contributed by atoms with Crippen LogP contribution in [0.25, 0.3) is 0 Å². The number of aryl methyl sites for hydroxylation is 2. The molecule has 0 aliphatic heterocycles. The summed E-state index contributed by atoms with van der Waals surface area (Å²) in [6, 6.07) is 13.1. The van der Waals surface area contributed by atoms with E-state index < -0.39 is 5.92 Å². The lowest BCUT2D eigenvalue weighted by atomic mass is 9.97. The lowest BCUT2D eigenvalue weighted by Gasteiger charge is -2.08. The predicted molar refractivity (Wildman–Crippen MR) is 82.0 cm³/mol. The average Bonchev–Trinajstić information content (AvgIpc) is 2.46. The third-order valence-corrected chi connectivity index (χ3v) is 3.76. The minimum absolute atomic E-state index is 0.128. The van der Waals surface area contributed by atoms with Gasteiger partial charge in [0.1, 0.15) is 5.92 Å². The molecule has 1 atom stereocenters. The van der Waals surface area contributed by atoms with Gasteiger partial charge in [-0.05, 0) is 25.5 Å². The molecule has 2 rings (SSSR count). The van der Waals surface area contributed by atoms with Crippen molar-refractivity contribution in [2.75, 3.05) is 5.75 Å². The van der Waals surface area contributed by atoms with Crippen molar-refractivity contribution < 1.29 is 4.79 Å². The summed E-state index contributed by atoms with van der Waals surface area (Å²) in [7, 11) is 0. The van der Waals surface area contributed by atoms with E-state index in [0.29, 0.717) is 5.16 Å². The molecule has 0 saturated heterocycles. The maximum absolute atomic E-state index is 12.2. The van der Waals surface area contributed by atoms with Gasteiger partial charge in [-0.1, -0.05) is 42.1 Å². The van der Waals surface area contributed by atoms with Gasteiger partial charge in [0, 0.05) is 11.4 Å². The summed E-state index contributed by atoms with van der Waals surface area (Å²) in [5.74, 6) is -0.670. The highest BCUT2D eigenvalue weighted by molar-refractivity contribution is 7.99. The monoisotopic (exact) mass is 297 g/mol. The zero-order chi connectivity index (χ0) is 15.2. The van der Waals surface area contributed by atoms with Crippen LogP contribution >= 0.6 is 11.8 Å². The topological polar surface area (TPSA) is 66.6 Å². The lowest BCUT2D eigenvalue weighted by Crippen LogP contribution is -2.13. The molecular weight excluding hydrogens is 282 g/mol. The van der Waals surface area contributed by atoms with Crippen LogP contribution in [0.4, 0.5) is 0 Å². The number of ketones is 1. The number of carbonyl (C=O) groups is 1. The fourth-order valence-electron chi connectivity index (χ4n) is 1.96. The fourth-order valence-corrected chi connectivity index (χ4v) is 2.81. The molecule has 0 aliphatic rings. The van der Waals surface area contributed by atoms with Crippen molar-refractivity contribution in [1.82, 2.24) is 9.97 Å². The van der Waals surface area contributed by atoms with Crippen LogP contribution < -0.4 is 0 Å². The molecule has 1 aromatic heterocycles. The Kier molecular flexibility index (Phi) is 5.07. The number of nitriles is 1. The number of rotatable bonds is 5. The van der Waals surface area contributed by atoms with Crippen LogP contribution in [0, 0.1) is 25.2 Å². The molecule has 0 amide bonds. The Labute approximate surface area is 128 Å². The van der Waals surface area contributed by atoms with Crippen molar-refractivity contribution in [3.8, 4) is 6.07 Å². The summed E-state index contributed by atoms with van der Waals surface area (Å²) < 4.78 is 0. The van der Waals surface area contributed by atoms with Crippen LogP contribution in [0.3, 0.4) is 0 Å². The fraction of sp³-hybridized carbons (Fsp3) is 0.250. The molecule has 0 aliphatic carbocycles. The van der Waals surface area contributed by atoms with Gasteiger partial charge < -0.3 is 0 Å². The second-order valence-corrected chi connectivity index (χ2v) is 5.60. The van der Waals surface area contributed by atoms with Crippen molar-refractivity contribution in [1.29, 1.82) is 5.26 Å². The van der Waals surface area contributed by atoms with Gasteiger partial charge in [0.25, 0.3) is 0 Å². The average molecular weight is 297 g/mol. The van der Waals surface area contributed by atoms with E-state index in [4.69, 9.17) is 0 Å². The minimum Gasteiger partial charge on any atom is -0.297 e. The molecule has 0 spiro atoms. The summed E-state index contributed by atoms with van der Waals surface area (Å²) in [6.45, 7) is 3.78. The molecule has 106 valence electrons. The molecule has 2 aromatic rings. The Morgan fingerprint density at radius 3 is 2.43 bits per heavy atom. The second kappa shape index (κ2) is 7.00. The number of hydrogen-bond donors (Lipinski definition) is 0. The van der Waals surface area contributed by atoms with Gasteiger partial charge in [-0.2, -0.15) is 5.26 Å². The number of carbonyl (C=O) groups excluding carboxylic acids is 1. The van der Waals surface area contributed by atoms with E-state index in [-0.39, 0.29) is 11.5 Å². The zero-order valence-corrected chi connectivity index (χ0v) is 12.7. The number of Topliss-reactive ketones (excluding diaryl/α,β-unsaturated/α-hetero) is 1. The Hall–Kier alpha value is -2.19. The summed E-state index contributed by atoms with van der Waals surface area (Å²) in [4.78, 5) is 20.8. The number of thioether (sulfide) groups is 1. The molecule has 0 radical (unpaired) electrons. The van der Waals surface area contributed by atoms with Crippen LogP contribution in [0.1, 0.15) is 22.9 Å². The predicted octanol–water partition coefficient (Wildman–Crippen LogP) is 3.06. The second-order valence-electron chi connectivity index (χ2n) is 4.66. The maximum Gasteiger partial charge on any atom is 0.188 e. The smallest absolute Gasteiger partial charge is 0.188 e. The molecule has 0 saturated carbocycles. The quantitative estimate of drug-likeness (QED) is 0.627. The molecule has 1 aromatic carbocycles. The van der Waals surface area contributed by atoms with E-state index >= 15 is 0 Å². The van der Waals surface area contributed by atoms with Gasteiger partial charge in [0.05, 0.1) is 11.8 Å². The van der Waals surface area contributed by atoms with Gasteiger partial charge in [0.2, 0.25) is 0 Å². The van der Waals surface area contributed by atoms with Gasteiger partial charge >= 0.3 is 0 Å². The summed E-state index contributed by atoms with van der Waals surface area (Å²) in [5.41, 5.74) is 2.47. The molecule has 1 heterocycles. The molecule has 4 nitrogen and oxygen atoms in total. The Morgan fingerprint density at radius 2 is 1.86 bits per heavy atom. The molecular formula is C16H15N3OS. The van der Waals surface area contributed by atoms with E-state index in [2.05, 4.69) is 16.0 Å². The normalized spacial score (nSPS) is 11.7. The first-order chi connectivity index (χ1) is 10.1. The van der Waals surface area contributed by atoms with Crippen molar-refractivity contribution in [3.63, 3.8) is 0 Å². The third-order valence-electron chi connectivity index (χ3n) is 2.89. The standard InChI is InChI=1S/C16H15N3OS/c1-11-8-12(2)19-16(18-11)21-10-15(20)14(9-17)13-6-4-3-5-7-13/h3-8,14H,10H2,1-2H3. The summed E-state index contributed by atoms with van der Waals surface area (Å²) in [5, 5.41) is 9.80. The first-order valence-electron chi connectivity index (χ1n) is 6.52. The Balaban J connectivity index is 2.05. The molecule has 5 heteroatoms. The van der Waals surface area contributed by atoms with Crippen LogP contribution in [-0.4, -0.2) is 21.5 Å². The van der Waals surface area contributed by atoms with E-state index in [1.165, 1.54) is 11.8 Å². The first-order valence-corrected chi connectivity index (χ1v) is 7.51. The van der Waals surface area contributed by atoms with Crippen molar-refractivity contribution >= 4 is 17.5 Å². The van der Waals surface area contributed by atoms with Crippen molar-refractivity contribution in [2.24, 2.45) is 0 Å². The molecule has 0 fully saturated rings. The van der Waals surface area contributed by atoms with Crippen LogP contribution in [0.5, 0.6) is 0 Å². The van der Waals surface area contributed by atoms with Gasteiger partial charge in [-0.25, -0.2) is 9.97 Å². The highest BCUT2D eigenvalue weighted by Gasteiger charge is 2.20. The summed E-state index contributed by atoms with van der Waals surface area (Å²) >= 11 is 1.27. The van der Waals surface area contributed by atoms with E-state index in [0.717, 1.165) is 17.0 Å².